The van der Waals surface area contributed by atoms with Crippen molar-refractivity contribution in [2.45, 2.75) is 83.5 Å². The molecule has 2 nitrogen and oxygen atoms in total. The van der Waals surface area contributed by atoms with Crippen molar-refractivity contribution < 1.29 is 0 Å². The molecule has 192 valence electrons. The molecule has 0 fully saturated rings. The van der Waals surface area contributed by atoms with Crippen molar-refractivity contribution >= 4 is 11.4 Å². The van der Waals surface area contributed by atoms with Crippen LogP contribution in [-0.2, 0) is 31.1 Å². The first-order valence-corrected chi connectivity index (χ1v) is 14.9. The van der Waals surface area contributed by atoms with Gasteiger partial charge in [-0.3, -0.25) is 0 Å². The largest absolute Gasteiger partial charge is 0.371 e. The van der Waals surface area contributed by atoms with Crippen molar-refractivity contribution in [1.82, 2.24) is 0 Å². The number of nitrogens with zero attached hydrogens (tertiary/aromatic N) is 2. The van der Waals surface area contributed by atoms with Gasteiger partial charge < -0.3 is 9.80 Å². The number of rotatable bonds is 3. The molecule has 7 rings (SSSR count). The molecule has 2 heteroatoms. The van der Waals surface area contributed by atoms with Gasteiger partial charge in [0.2, 0.25) is 0 Å². The normalized spacial score (nSPS) is 18.6. The van der Waals surface area contributed by atoms with Gasteiger partial charge in [0, 0.05) is 43.5 Å². The number of anilines is 2. The van der Waals surface area contributed by atoms with E-state index in [0.29, 0.717) is 5.92 Å². The van der Waals surface area contributed by atoms with E-state index >= 15 is 0 Å². The molecular weight excluding hydrogens is 448 g/mol. The molecule has 0 atom stereocenters. The second kappa shape index (κ2) is 8.93. The third kappa shape index (κ3) is 4.08. The van der Waals surface area contributed by atoms with Gasteiger partial charge in [0.1, 0.15) is 0 Å². The van der Waals surface area contributed by atoms with E-state index in [1.165, 1.54) is 99.8 Å². The molecule has 37 heavy (non-hydrogen) atoms. The molecule has 0 spiro atoms. The Bertz CT molecular complexity index is 1190. The van der Waals surface area contributed by atoms with Gasteiger partial charge in [0.05, 0.1) is 0 Å². The standard InChI is InChI=1S/C35H42N2/c1-35(2,3)31-14-12-24(13-15-31)32(29-20-25-8-4-16-36-17-5-9-26(21-29)33(25)36)30-22-27-10-6-18-37-19-7-11-28(23-30)34(27)37/h12-15,20-23,32H,4-11,16-19H2,1-3H3. The summed E-state index contributed by atoms with van der Waals surface area (Å²) in [5, 5.41) is 0. The van der Waals surface area contributed by atoms with Crippen LogP contribution in [0.5, 0.6) is 0 Å². The summed E-state index contributed by atoms with van der Waals surface area (Å²) in [6.07, 6.45) is 10.1. The average molecular weight is 491 g/mol. The van der Waals surface area contributed by atoms with E-state index < -0.39 is 0 Å². The minimum Gasteiger partial charge on any atom is -0.371 e. The minimum absolute atomic E-state index is 0.174. The molecule has 0 amide bonds. The quantitative estimate of drug-likeness (QED) is 0.350. The highest BCUT2D eigenvalue weighted by molar-refractivity contribution is 5.68. The Kier molecular flexibility index (Phi) is 5.64. The van der Waals surface area contributed by atoms with E-state index in [0.717, 1.165) is 0 Å². The maximum absolute atomic E-state index is 2.67. The van der Waals surface area contributed by atoms with Crippen LogP contribution in [0.4, 0.5) is 11.4 Å². The summed E-state index contributed by atoms with van der Waals surface area (Å²) in [6.45, 7) is 11.9. The highest BCUT2D eigenvalue weighted by atomic mass is 15.1. The van der Waals surface area contributed by atoms with Gasteiger partial charge in [-0.05, 0) is 101 Å². The van der Waals surface area contributed by atoms with Gasteiger partial charge in [0.15, 0.2) is 0 Å². The fourth-order valence-electron chi connectivity index (χ4n) is 7.75. The SMILES string of the molecule is CC(C)(C)c1ccc(C(c2cc3c4c(c2)CCCN4CCC3)c2cc3c4c(c2)CCCN4CCC3)cc1. The van der Waals surface area contributed by atoms with Crippen LogP contribution in [0.25, 0.3) is 0 Å². The second-order valence-corrected chi connectivity index (χ2v) is 13.1. The number of hydrogen-bond acceptors (Lipinski definition) is 2. The van der Waals surface area contributed by atoms with Gasteiger partial charge in [0.25, 0.3) is 0 Å². The van der Waals surface area contributed by atoms with E-state index in [9.17, 15) is 0 Å². The zero-order valence-electron chi connectivity index (χ0n) is 23.1. The summed E-state index contributed by atoms with van der Waals surface area (Å²) >= 11 is 0. The summed E-state index contributed by atoms with van der Waals surface area (Å²) < 4.78 is 0. The Morgan fingerprint density at radius 2 is 0.919 bits per heavy atom. The van der Waals surface area contributed by atoms with Gasteiger partial charge in [-0.25, -0.2) is 0 Å². The minimum atomic E-state index is 0.174. The second-order valence-electron chi connectivity index (χ2n) is 13.1. The molecular formula is C35H42N2. The predicted octanol–water partition coefficient (Wildman–Crippen LogP) is 7.56. The van der Waals surface area contributed by atoms with Crippen LogP contribution in [0.2, 0.25) is 0 Å². The molecule has 3 aromatic carbocycles. The molecule has 0 saturated carbocycles. The van der Waals surface area contributed by atoms with Crippen LogP contribution < -0.4 is 9.80 Å². The first-order valence-electron chi connectivity index (χ1n) is 14.9. The number of aryl methyl sites for hydroxylation is 4. The fourth-order valence-corrected chi connectivity index (χ4v) is 7.75. The molecule has 4 heterocycles. The van der Waals surface area contributed by atoms with E-state index in [1.807, 2.05) is 0 Å². The molecule has 0 aliphatic carbocycles. The molecule has 0 bridgehead atoms. The maximum Gasteiger partial charge on any atom is 0.0431 e. The third-order valence-electron chi connectivity index (χ3n) is 9.49. The van der Waals surface area contributed by atoms with Gasteiger partial charge in [-0.2, -0.15) is 0 Å². The smallest absolute Gasteiger partial charge is 0.0431 e. The third-order valence-corrected chi connectivity index (χ3v) is 9.49. The highest BCUT2D eigenvalue weighted by Crippen LogP contribution is 2.44. The summed E-state index contributed by atoms with van der Waals surface area (Å²) in [6, 6.07) is 20.0. The van der Waals surface area contributed by atoms with Gasteiger partial charge in [-0.15, -0.1) is 0 Å². The Balaban J connectivity index is 1.40. The van der Waals surface area contributed by atoms with Crippen LogP contribution in [0.3, 0.4) is 0 Å². The Morgan fingerprint density at radius 1 is 0.541 bits per heavy atom. The predicted molar refractivity (Wildman–Crippen MR) is 157 cm³/mol. The topological polar surface area (TPSA) is 6.48 Å². The zero-order chi connectivity index (χ0) is 25.1. The van der Waals surface area contributed by atoms with Crippen LogP contribution in [0.1, 0.15) is 96.9 Å². The first kappa shape index (κ1) is 23.4. The van der Waals surface area contributed by atoms with Crippen molar-refractivity contribution in [3.63, 3.8) is 0 Å². The van der Waals surface area contributed by atoms with Crippen molar-refractivity contribution in [1.29, 1.82) is 0 Å². The highest BCUT2D eigenvalue weighted by Gasteiger charge is 2.30. The van der Waals surface area contributed by atoms with Gasteiger partial charge >= 0.3 is 0 Å². The Morgan fingerprint density at radius 3 is 1.27 bits per heavy atom. The molecule has 0 radical (unpaired) electrons. The Hall–Kier alpha value is -2.74. The van der Waals surface area contributed by atoms with E-state index in [1.54, 1.807) is 33.6 Å². The maximum atomic E-state index is 2.67. The summed E-state index contributed by atoms with van der Waals surface area (Å²) in [5.74, 6) is 0.298. The zero-order valence-corrected chi connectivity index (χ0v) is 23.1. The lowest BCUT2D eigenvalue weighted by Gasteiger charge is -2.39. The molecule has 4 aliphatic heterocycles. The molecule has 3 aromatic rings. The van der Waals surface area contributed by atoms with Crippen molar-refractivity contribution in [3.05, 3.63) is 93.0 Å². The van der Waals surface area contributed by atoms with Gasteiger partial charge in [-0.1, -0.05) is 69.3 Å². The molecule has 0 unspecified atom stereocenters. The molecule has 0 aromatic heterocycles. The molecule has 0 saturated heterocycles. The van der Waals surface area contributed by atoms with Crippen molar-refractivity contribution in [2.75, 3.05) is 36.0 Å². The van der Waals surface area contributed by atoms with Crippen molar-refractivity contribution in [2.24, 2.45) is 0 Å². The lowest BCUT2D eigenvalue weighted by atomic mass is 9.78. The van der Waals surface area contributed by atoms with Crippen LogP contribution >= 0.6 is 0 Å². The number of hydrogen-bond donors (Lipinski definition) is 0. The lowest BCUT2D eigenvalue weighted by molar-refractivity contribution is 0.590. The van der Waals surface area contributed by atoms with E-state index in [4.69, 9.17) is 0 Å². The van der Waals surface area contributed by atoms with E-state index in [2.05, 4.69) is 79.1 Å². The van der Waals surface area contributed by atoms with Crippen LogP contribution in [0.15, 0.2) is 48.5 Å². The molecule has 0 N–H and O–H groups in total. The summed E-state index contributed by atoms with van der Waals surface area (Å²) in [5.41, 5.74) is 15.6. The van der Waals surface area contributed by atoms with Crippen LogP contribution in [0, 0.1) is 0 Å². The molecule has 4 aliphatic rings. The Labute approximate surface area is 223 Å². The lowest BCUT2D eigenvalue weighted by Crippen LogP contribution is -2.35. The summed E-state index contributed by atoms with van der Waals surface area (Å²) in [4.78, 5) is 5.35. The van der Waals surface area contributed by atoms with Crippen molar-refractivity contribution in [3.8, 4) is 0 Å². The van der Waals surface area contributed by atoms with E-state index in [-0.39, 0.29) is 5.41 Å². The van der Waals surface area contributed by atoms with Crippen LogP contribution in [-0.4, -0.2) is 26.2 Å². The monoisotopic (exact) mass is 490 g/mol. The number of benzene rings is 3. The fraction of sp³-hybridized carbons (Fsp3) is 0.486. The summed E-state index contributed by atoms with van der Waals surface area (Å²) in [7, 11) is 0. The first-order chi connectivity index (χ1) is 18.0. The average Bonchev–Trinajstić information content (AvgIpc) is 2.89.